The molecule has 2 aliphatic heterocycles. The third kappa shape index (κ3) is 21.0. The van der Waals surface area contributed by atoms with Gasteiger partial charge in [0.05, 0.1) is 30.7 Å². The van der Waals surface area contributed by atoms with Crippen LogP contribution in [0.3, 0.4) is 0 Å². The van der Waals surface area contributed by atoms with Crippen molar-refractivity contribution in [2.75, 3.05) is 53.3 Å². The minimum absolute atomic E-state index is 0.0281. The van der Waals surface area contributed by atoms with E-state index >= 15 is 0 Å². The molecule has 10 atom stereocenters. The Balaban J connectivity index is 1.66. The summed E-state index contributed by atoms with van der Waals surface area (Å²) in [6.07, 6.45) is 4.46. The lowest BCUT2D eigenvalue weighted by molar-refractivity contribution is -0.147. The van der Waals surface area contributed by atoms with Crippen LogP contribution >= 0.6 is 0 Å². The highest BCUT2D eigenvalue weighted by Crippen LogP contribution is 2.30. The molecular formula is C60H96N10O14. The normalized spacial score (nSPS) is 17.4. The van der Waals surface area contributed by atoms with E-state index < -0.39 is 95.9 Å². The minimum atomic E-state index is -1.10. The molecule has 0 radical (unpaired) electrons. The summed E-state index contributed by atoms with van der Waals surface area (Å²) in [5, 5.41) is 13.7. The molecule has 0 aliphatic carbocycles. The number of carbonyl (C=O) groups excluding carboxylic acids is 11. The van der Waals surface area contributed by atoms with Gasteiger partial charge < -0.3 is 56.3 Å². The maximum absolute atomic E-state index is 14.6. The molecule has 24 nitrogen and oxygen atoms in total. The smallest absolute Gasteiger partial charge is 0.410 e. The zero-order chi connectivity index (χ0) is 63.1. The number of nitrogens with zero attached hydrogens (tertiary/aromatic N) is 4. The van der Waals surface area contributed by atoms with Gasteiger partial charge in [-0.15, -0.1) is 0 Å². The van der Waals surface area contributed by atoms with E-state index in [1.807, 2.05) is 27.7 Å². The molecule has 0 aromatic heterocycles. The second kappa shape index (κ2) is 34.7. The fourth-order valence-corrected chi connectivity index (χ4v) is 10.8. The van der Waals surface area contributed by atoms with Crippen LogP contribution in [0.5, 0.6) is 0 Å². The van der Waals surface area contributed by atoms with E-state index in [-0.39, 0.29) is 92.7 Å². The number of methoxy groups -OCH3 is 2. The van der Waals surface area contributed by atoms with Gasteiger partial charge >= 0.3 is 12.1 Å². The van der Waals surface area contributed by atoms with Gasteiger partial charge in [-0.1, -0.05) is 87.3 Å². The standard InChI is InChI=1S/C60H96N10O14/c1-15-38(8)53(45(82-13)33-49(75)69-32-20-22-44(69)54(83-14)39(9)40(10)71)67(11)58(79)51(36(4)5)66-57(78)52(37(6)7)68(12)60(81)84-34-41-24-26-42(27-25-41)63-55(76)43(21-19-30-62-59(61)80)64-56(77)50(35(2)3)65-46(72)23-17-16-18-31-70-47(73)28-29-48(70)74/h24-29,35-39,43-45,50-54H,15-23,30-34H2,1-14H3,(H,63,76)(H,64,77)(H,65,72)(H,66,78)(H3,61,62,80)/t38-,39-,43-,44-,45+,50?,51-,52-,53?,54+/m0/s1. The molecule has 470 valence electrons. The molecule has 1 fully saturated rings. The van der Waals surface area contributed by atoms with Crippen LogP contribution in [-0.4, -0.2) is 181 Å². The molecule has 2 heterocycles. The number of Topliss-reactive ketones (excluding diaryl/α,β-unsaturated/α-hetero) is 1. The first-order chi connectivity index (χ1) is 39.6. The van der Waals surface area contributed by atoms with Crippen LogP contribution in [0.4, 0.5) is 15.3 Å². The van der Waals surface area contributed by atoms with Gasteiger partial charge in [0.25, 0.3) is 11.8 Å². The fraction of sp³-hybridized carbons (Fsp3) is 0.683. The fourth-order valence-electron chi connectivity index (χ4n) is 10.8. The highest BCUT2D eigenvalue weighted by Gasteiger charge is 2.43. The van der Waals surface area contributed by atoms with Crippen molar-refractivity contribution in [2.24, 2.45) is 35.3 Å². The zero-order valence-electron chi connectivity index (χ0n) is 52.0. The molecule has 24 heteroatoms. The topological polar surface area (TPSA) is 315 Å². The number of ketones is 1. The lowest BCUT2D eigenvalue weighted by Gasteiger charge is -2.41. The molecule has 7 N–H and O–H groups in total. The summed E-state index contributed by atoms with van der Waals surface area (Å²) in [5.41, 5.74) is 6.11. The number of likely N-dealkylation sites (N-methyl/N-ethyl adjacent to an activating group) is 2. The highest BCUT2D eigenvalue weighted by atomic mass is 16.6. The number of hydrogen-bond acceptors (Lipinski definition) is 14. The number of carbonyl (C=O) groups is 11. The zero-order valence-corrected chi connectivity index (χ0v) is 52.0. The lowest BCUT2D eigenvalue weighted by atomic mass is 9.89. The summed E-state index contributed by atoms with van der Waals surface area (Å²) in [6, 6.07) is 0.595. The molecule has 1 aromatic carbocycles. The van der Waals surface area contributed by atoms with E-state index in [9.17, 15) is 52.7 Å². The van der Waals surface area contributed by atoms with Crippen molar-refractivity contribution in [3.8, 4) is 0 Å². The molecule has 0 saturated carbocycles. The van der Waals surface area contributed by atoms with E-state index in [4.69, 9.17) is 19.9 Å². The molecule has 84 heavy (non-hydrogen) atoms. The quantitative estimate of drug-likeness (QED) is 0.0405. The van der Waals surface area contributed by atoms with Crippen LogP contribution in [0.25, 0.3) is 0 Å². The number of nitrogens with two attached hydrogens (primary N) is 1. The molecule has 0 bridgehead atoms. The third-order valence-corrected chi connectivity index (χ3v) is 16.0. The van der Waals surface area contributed by atoms with Crippen LogP contribution in [0, 0.1) is 29.6 Å². The molecule has 1 aromatic rings. The van der Waals surface area contributed by atoms with E-state index in [0.29, 0.717) is 49.9 Å². The van der Waals surface area contributed by atoms with Gasteiger partial charge in [0.1, 0.15) is 36.6 Å². The number of benzene rings is 1. The number of urea groups is 1. The van der Waals surface area contributed by atoms with Crippen molar-refractivity contribution in [1.82, 2.24) is 40.9 Å². The van der Waals surface area contributed by atoms with Gasteiger partial charge in [0.15, 0.2) is 0 Å². The molecule has 3 rings (SSSR count). The Kier molecular flexibility index (Phi) is 29.5. The number of amides is 11. The van der Waals surface area contributed by atoms with Crippen molar-refractivity contribution in [1.29, 1.82) is 0 Å². The Morgan fingerprint density at radius 3 is 1.93 bits per heavy atom. The number of ether oxygens (including phenoxy) is 3. The van der Waals surface area contributed by atoms with Gasteiger partial charge in [-0.05, 0) is 86.8 Å². The number of primary amides is 1. The van der Waals surface area contributed by atoms with Crippen LogP contribution in [0.2, 0.25) is 0 Å². The van der Waals surface area contributed by atoms with Gasteiger partial charge in [0.2, 0.25) is 35.4 Å². The Morgan fingerprint density at radius 2 is 1.38 bits per heavy atom. The second-order valence-corrected chi connectivity index (χ2v) is 23.2. The molecular weight excluding hydrogens is 1080 g/mol. The van der Waals surface area contributed by atoms with E-state index in [1.165, 1.54) is 38.1 Å². The molecule has 2 unspecified atom stereocenters. The van der Waals surface area contributed by atoms with Gasteiger partial charge in [-0.3, -0.25) is 53.0 Å². The van der Waals surface area contributed by atoms with Crippen molar-refractivity contribution >= 4 is 70.9 Å². The number of nitrogens with one attached hydrogen (secondary N) is 5. The Hall–Kier alpha value is -6.95. The van der Waals surface area contributed by atoms with E-state index in [1.54, 1.807) is 82.8 Å². The molecule has 2 aliphatic rings. The van der Waals surface area contributed by atoms with Crippen molar-refractivity contribution in [3.05, 3.63) is 42.0 Å². The van der Waals surface area contributed by atoms with Crippen LogP contribution < -0.4 is 32.3 Å². The summed E-state index contributed by atoms with van der Waals surface area (Å²) in [4.78, 5) is 150. The summed E-state index contributed by atoms with van der Waals surface area (Å²) in [5.74, 6) is -5.20. The number of anilines is 1. The van der Waals surface area contributed by atoms with Crippen molar-refractivity contribution in [3.63, 3.8) is 0 Å². The molecule has 11 amide bonds. The predicted octanol–water partition coefficient (Wildman–Crippen LogP) is 4.43. The van der Waals surface area contributed by atoms with Crippen LogP contribution in [0.1, 0.15) is 139 Å². The van der Waals surface area contributed by atoms with Crippen LogP contribution in [0.15, 0.2) is 36.4 Å². The van der Waals surface area contributed by atoms with Gasteiger partial charge in [-0.25, -0.2) is 9.59 Å². The Labute approximate surface area is 496 Å². The first-order valence-electron chi connectivity index (χ1n) is 29.5. The summed E-state index contributed by atoms with van der Waals surface area (Å²) < 4.78 is 17.5. The molecule has 0 spiro atoms. The van der Waals surface area contributed by atoms with E-state index in [2.05, 4.69) is 26.6 Å². The van der Waals surface area contributed by atoms with Crippen molar-refractivity contribution < 1.29 is 67.0 Å². The number of unbranched alkanes of at least 4 members (excludes halogenated alkanes) is 2. The minimum Gasteiger partial charge on any atom is -0.445 e. The average Bonchev–Trinajstić information content (AvgIpc) is 2.77. The number of imide groups is 1. The maximum atomic E-state index is 14.6. The summed E-state index contributed by atoms with van der Waals surface area (Å²) in [7, 11) is 6.15. The summed E-state index contributed by atoms with van der Waals surface area (Å²) in [6.45, 7) is 18.6. The maximum Gasteiger partial charge on any atom is 0.410 e. The van der Waals surface area contributed by atoms with E-state index in [0.717, 1.165) is 11.3 Å². The SMILES string of the molecule is CC[C@H](C)C([C@@H](CC(=O)N1CCC[C@H]1[C@H](OC)[C@@H](C)C(C)=O)OC)N(C)C(=O)[C@@H](NC(=O)[C@H](C(C)C)N(C)C(=O)OCc1ccc(NC(=O)[C@H](CCCNC(N)=O)NC(=O)C(NC(=O)CCCCCN2C(=O)C=CC2=O)C(C)C)cc1)C(C)C. The molecule has 1 saturated heterocycles. The Morgan fingerprint density at radius 1 is 0.750 bits per heavy atom. The predicted molar refractivity (Wildman–Crippen MR) is 315 cm³/mol. The van der Waals surface area contributed by atoms with Gasteiger partial charge in [-0.2, -0.15) is 0 Å². The monoisotopic (exact) mass is 1180 g/mol. The van der Waals surface area contributed by atoms with Gasteiger partial charge in [0, 0.05) is 78.1 Å². The largest absolute Gasteiger partial charge is 0.445 e. The lowest BCUT2D eigenvalue weighted by Crippen LogP contribution is -2.60. The number of likely N-dealkylation sites (tertiary alicyclic amines) is 1. The number of hydrogen-bond donors (Lipinski definition) is 6. The second-order valence-electron chi connectivity index (χ2n) is 23.2. The Bertz CT molecular complexity index is 2430. The first kappa shape index (κ1) is 71.3. The average molecular weight is 1180 g/mol. The van der Waals surface area contributed by atoms with Crippen LogP contribution in [-0.2, 0) is 64.0 Å². The summed E-state index contributed by atoms with van der Waals surface area (Å²) >= 11 is 0. The van der Waals surface area contributed by atoms with Crippen molar-refractivity contribution in [2.45, 2.75) is 189 Å². The highest BCUT2D eigenvalue weighted by molar-refractivity contribution is 6.12. The third-order valence-electron chi connectivity index (χ3n) is 16.0. The first-order valence-corrected chi connectivity index (χ1v) is 29.5. The number of rotatable bonds is 35.